The van der Waals surface area contributed by atoms with Crippen LogP contribution in [0, 0.1) is 0 Å². The quantitative estimate of drug-likeness (QED) is 0.650. The van der Waals surface area contributed by atoms with Crippen molar-refractivity contribution < 1.29 is 14.3 Å². The number of Topliss-reactive ketones (excluding diaryl/α,β-unsaturated/α-hetero) is 1. The molecule has 5 heteroatoms. The van der Waals surface area contributed by atoms with Crippen molar-refractivity contribution in [1.82, 2.24) is 4.98 Å². The summed E-state index contributed by atoms with van der Waals surface area (Å²) in [7, 11) is 0. The van der Waals surface area contributed by atoms with Crippen LogP contribution in [-0.2, 0) is 0 Å². The molecule has 110 valence electrons. The summed E-state index contributed by atoms with van der Waals surface area (Å²) in [4.78, 5) is 15.8. The van der Waals surface area contributed by atoms with Crippen molar-refractivity contribution in [2.75, 3.05) is 12.3 Å². The van der Waals surface area contributed by atoms with Gasteiger partial charge in [0.15, 0.2) is 11.5 Å². The number of nitrogen functional groups attached to an aromatic ring is 1. The maximum absolute atomic E-state index is 11.7. The van der Waals surface area contributed by atoms with Crippen LogP contribution >= 0.6 is 0 Å². The van der Waals surface area contributed by atoms with Crippen LogP contribution in [0.3, 0.4) is 0 Å². The van der Waals surface area contributed by atoms with Crippen molar-refractivity contribution in [3.8, 4) is 17.4 Å². The fraction of sp³-hybridized carbons (Fsp3) is 0.250. The molecule has 2 rings (SSSR count). The largest absolute Gasteiger partial charge is 0.488 e. The van der Waals surface area contributed by atoms with E-state index in [9.17, 15) is 4.79 Å². The number of benzene rings is 1. The monoisotopic (exact) mass is 286 g/mol. The summed E-state index contributed by atoms with van der Waals surface area (Å²) in [6.07, 6.45) is 2.49. The standard InChI is InChI=1S/C16H18N2O3/c1-3-9-20-15-5-4-8-18-16(15)21-14-7-6-12(17)10-13(14)11(2)19/h4-8,10H,3,9,17H2,1-2H3. The maximum Gasteiger partial charge on any atom is 0.262 e. The molecule has 0 saturated heterocycles. The van der Waals surface area contributed by atoms with Crippen molar-refractivity contribution in [3.63, 3.8) is 0 Å². The Morgan fingerprint density at radius 2 is 2.10 bits per heavy atom. The van der Waals surface area contributed by atoms with Crippen LogP contribution in [0.2, 0.25) is 0 Å². The van der Waals surface area contributed by atoms with Gasteiger partial charge in [-0.25, -0.2) is 4.98 Å². The third kappa shape index (κ3) is 3.72. The SMILES string of the molecule is CCCOc1cccnc1Oc1ccc(N)cc1C(C)=O. The normalized spacial score (nSPS) is 10.2. The highest BCUT2D eigenvalue weighted by molar-refractivity contribution is 5.97. The molecule has 2 aromatic rings. The zero-order valence-electron chi connectivity index (χ0n) is 12.1. The minimum atomic E-state index is -0.121. The molecule has 2 N–H and O–H groups in total. The number of ether oxygens (including phenoxy) is 2. The first-order valence-electron chi connectivity index (χ1n) is 6.78. The summed E-state index contributed by atoms with van der Waals surface area (Å²) in [5.41, 5.74) is 6.64. The van der Waals surface area contributed by atoms with E-state index in [4.69, 9.17) is 15.2 Å². The number of nitrogens with two attached hydrogens (primary N) is 1. The Kier molecular flexibility index (Phi) is 4.77. The Morgan fingerprint density at radius 1 is 1.29 bits per heavy atom. The van der Waals surface area contributed by atoms with Crippen molar-refractivity contribution in [2.45, 2.75) is 20.3 Å². The summed E-state index contributed by atoms with van der Waals surface area (Å²) >= 11 is 0. The lowest BCUT2D eigenvalue weighted by molar-refractivity contribution is 0.101. The Bertz CT molecular complexity index is 641. The molecule has 0 atom stereocenters. The lowest BCUT2D eigenvalue weighted by Gasteiger charge is -2.12. The zero-order chi connectivity index (χ0) is 15.2. The molecule has 0 amide bonds. The number of nitrogens with zero attached hydrogens (tertiary/aromatic N) is 1. The number of pyridine rings is 1. The van der Waals surface area contributed by atoms with Gasteiger partial charge in [0.1, 0.15) is 5.75 Å². The van der Waals surface area contributed by atoms with E-state index >= 15 is 0 Å². The topological polar surface area (TPSA) is 74.4 Å². The lowest BCUT2D eigenvalue weighted by atomic mass is 10.1. The van der Waals surface area contributed by atoms with E-state index in [1.807, 2.05) is 6.92 Å². The number of hydrogen-bond donors (Lipinski definition) is 1. The second-order valence-corrected chi connectivity index (χ2v) is 4.57. The lowest BCUT2D eigenvalue weighted by Crippen LogP contribution is -2.02. The molecule has 0 unspecified atom stereocenters. The van der Waals surface area contributed by atoms with E-state index in [1.165, 1.54) is 6.92 Å². The molecule has 0 saturated carbocycles. The van der Waals surface area contributed by atoms with E-state index < -0.39 is 0 Å². The predicted molar refractivity (Wildman–Crippen MR) is 81.0 cm³/mol. The summed E-state index contributed by atoms with van der Waals surface area (Å²) in [5, 5.41) is 0. The van der Waals surface area contributed by atoms with Gasteiger partial charge in [0.25, 0.3) is 5.88 Å². The average molecular weight is 286 g/mol. The Morgan fingerprint density at radius 3 is 2.81 bits per heavy atom. The second-order valence-electron chi connectivity index (χ2n) is 4.57. The third-order valence-electron chi connectivity index (χ3n) is 2.79. The minimum Gasteiger partial charge on any atom is -0.488 e. The van der Waals surface area contributed by atoms with Crippen LogP contribution < -0.4 is 15.2 Å². The van der Waals surface area contributed by atoms with Crippen LogP contribution in [0.1, 0.15) is 30.6 Å². The van der Waals surface area contributed by atoms with Gasteiger partial charge in [-0.1, -0.05) is 6.92 Å². The number of aromatic nitrogens is 1. The fourth-order valence-electron chi connectivity index (χ4n) is 1.79. The molecule has 21 heavy (non-hydrogen) atoms. The van der Waals surface area contributed by atoms with Gasteiger partial charge in [0.2, 0.25) is 0 Å². The van der Waals surface area contributed by atoms with Crippen molar-refractivity contribution in [1.29, 1.82) is 0 Å². The summed E-state index contributed by atoms with van der Waals surface area (Å²) < 4.78 is 11.3. The van der Waals surface area contributed by atoms with Gasteiger partial charge >= 0.3 is 0 Å². The van der Waals surface area contributed by atoms with E-state index in [-0.39, 0.29) is 5.78 Å². The van der Waals surface area contributed by atoms with Gasteiger partial charge in [-0.2, -0.15) is 0 Å². The molecule has 1 aromatic heterocycles. The van der Waals surface area contributed by atoms with Crippen LogP contribution in [0.5, 0.6) is 17.4 Å². The number of carbonyl (C=O) groups excluding carboxylic acids is 1. The number of ketones is 1. The number of anilines is 1. The van der Waals surface area contributed by atoms with Gasteiger partial charge in [0.05, 0.1) is 12.2 Å². The van der Waals surface area contributed by atoms with Crippen molar-refractivity contribution in [3.05, 3.63) is 42.1 Å². The molecule has 0 radical (unpaired) electrons. The van der Waals surface area contributed by atoms with E-state index in [2.05, 4.69) is 4.98 Å². The summed E-state index contributed by atoms with van der Waals surface area (Å²) in [5.74, 6) is 1.17. The molecule has 0 spiro atoms. The van der Waals surface area contributed by atoms with Gasteiger partial charge in [-0.05, 0) is 43.7 Å². The smallest absolute Gasteiger partial charge is 0.262 e. The molecule has 0 fully saturated rings. The minimum absolute atomic E-state index is 0.121. The van der Waals surface area contributed by atoms with Crippen molar-refractivity contribution >= 4 is 11.5 Å². The van der Waals surface area contributed by atoms with E-state index in [0.29, 0.717) is 35.2 Å². The Hall–Kier alpha value is -2.56. The Labute approximate surface area is 123 Å². The van der Waals surface area contributed by atoms with Crippen LogP contribution in [-0.4, -0.2) is 17.4 Å². The van der Waals surface area contributed by atoms with Gasteiger partial charge in [-0.15, -0.1) is 0 Å². The Balaban J connectivity index is 2.32. The molecule has 1 aromatic carbocycles. The first kappa shape index (κ1) is 14.8. The molecule has 0 aliphatic carbocycles. The van der Waals surface area contributed by atoms with Gasteiger partial charge in [-0.3, -0.25) is 4.79 Å². The molecular formula is C16H18N2O3. The highest BCUT2D eigenvalue weighted by Gasteiger charge is 2.13. The van der Waals surface area contributed by atoms with E-state index in [0.717, 1.165) is 6.42 Å². The van der Waals surface area contributed by atoms with Crippen LogP contribution in [0.15, 0.2) is 36.5 Å². The average Bonchev–Trinajstić information content (AvgIpc) is 2.48. The van der Waals surface area contributed by atoms with E-state index in [1.54, 1.807) is 36.5 Å². The maximum atomic E-state index is 11.7. The van der Waals surface area contributed by atoms with Crippen molar-refractivity contribution in [2.24, 2.45) is 0 Å². The molecule has 0 bridgehead atoms. The molecule has 1 heterocycles. The van der Waals surface area contributed by atoms with Gasteiger partial charge in [0, 0.05) is 11.9 Å². The first-order valence-corrected chi connectivity index (χ1v) is 6.78. The first-order chi connectivity index (χ1) is 10.1. The highest BCUT2D eigenvalue weighted by Crippen LogP contribution is 2.32. The number of carbonyl (C=O) groups is 1. The zero-order valence-corrected chi connectivity index (χ0v) is 12.1. The molecule has 0 aliphatic heterocycles. The summed E-state index contributed by atoms with van der Waals surface area (Å²) in [6, 6.07) is 8.48. The highest BCUT2D eigenvalue weighted by atomic mass is 16.5. The predicted octanol–water partition coefficient (Wildman–Crippen LogP) is 3.45. The second kappa shape index (κ2) is 6.74. The fourth-order valence-corrected chi connectivity index (χ4v) is 1.79. The van der Waals surface area contributed by atoms with Crippen LogP contribution in [0.4, 0.5) is 5.69 Å². The summed E-state index contributed by atoms with van der Waals surface area (Å²) in [6.45, 7) is 4.06. The van der Waals surface area contributed by atoms with Gasteiger partial charge < -0.3 is 15.2 Å². The molecule has 0 aliphatic rings. The number of rotatable bonds is 6. The third-order valence-corrected chi connectivity index (χ3v) is 2.79. The van der Waals surface area contributed by atoms with Crippen LogP contribution in [0.25, 0.3) is 0 Å². The number of hydrogen-bond acceptors (Lipinski definition) is 5. The molecule has 5 nitrogen and oxygen atoms in total. The molecular weight excluding hydrogens is 268 g/mol.